The van der Waals surface area contributed by atoms with Crippen LogP contribution in [0.5, 0.6) is 0 Å². The van der Waals surface area contributed by atoms with Gasteiger partial charge in [0.2, 0.25) is 0 Å². The van der Waals surface area contributed by atoms with Gasteiger partial charge in [-0.2, -0.15) is 0 Å². The Morgan fingerprint density at radius 3 is 3.08 bits per heavy atom. The molecule has 0 spiro atoms. The van der Waals surface area contributed by atoms with Crippen LogP contribution in [0, 0.1) is 0 Å². The van der Waals surface area contributed by atoms with Crippen LogP contribution in [-0.2, 0) is 4.79 Å². The fraction of sp³-hybridized carbons (Fsp3) is 0.100. The molecular weight excluding hydrogens is 150 g/mol. The van der Waals surface area contributed by atoms with Gasteiger partial charge in [0.05, 0.1) is 6.54 Å². The highest BCUT2D eigenvalue weighted by atomic mass is 16.1. The van der Waals surface area contributed by atoms with Crippen molar-refractivity contribution in [2.75, 3.05) is 6.54 Å². The molecule has 12 heavy (non-hydrogen) atoms. The van der Waals surface area contributed by atoms with Crippen LogP contribution < -0.4 is 0 Å². The van der Waals surface area contributed by atoms with E-state index in [4.69, 9.17) is 0 Å². The molecule has 2 heteroatoms. The molecule has 2 aliphatic rings. The van der Waals surface area contributed by atoms with Gasteiger partial charge in [-0.15, -0.1) is 0 Å². The van der Waals surface area contributed by atoms with Crippen molar-refractivity contribution in [3.05, 3.63) is 47.9 Å². The maximum Gasteiger partial charge on any atom is 0.147 e. The van der Waals surface area contributed by atoms with Crippen LogP contribution in [0.4, 0.5) is 0 Å². The van der Waals surface area contributed by atoms with Crippen LogP contribution in [0.3, 0.4) is 0 Å². The molecule has 0 amide bonds. The Hall–Kier alpha value is -1.57. The van der Waals surface area contributed by atoms with Gasteiger partial charge in [-0.05, 0) is 18.2 Å². The van der Waals surface area contributed by atoms with Crippen molar-refractivity contribution in [1.29, 1.82) is 0 Å². The first-order valence-electron chi connectivity index (χ1n) is 3.88. The quantitative estimate of drug-likeness (QED) is 0.539. The predicted molar refractivity (Wildman–Crippen MR) is 47.2 cm³/mol. The maximum absolute atomic E-state index is 10.5. The van der Waals surface area contributed by atoms with Gasteiger partial charge < -0.3 is 4.90 Å². The van der Waals surface area contributed by atoms with Crippen molar-refractivity contribution in [1.82, 2.24) is 4.90 Å². The van der Waals surface area contributed by atoms with Crippen molar-refractivity contribution in [2.24, 2.45) is 0 Å². The van der Waals surface area contributed by atoms with Crippen LogP contribution in [-0.4, -0.2) is 17.7 Å². The predicted octanol–water partition coefficient (Wildman–Crippen LogP) is 1.39. The molecule has 2 heterocycles. The molecule has 2 nitrogen and oxygen atoms in total. The minimum absolute atomic E-state index is 0.691. The summed E-state index contributed by atoms with van der Waals surface area (Å²) in [7, 11) is 0. The molecule has 2 aliphatic heterocycles. The summed E-state index contributed by atoms with van der Waals surface area (Å²) < 4.78 is 0. The van der Waals surface area contributed by atoms with E-state index in [1.54, 1.807) is 0 Å². The summed E-state index contributed by atoms with van der Waals surface area (Å²) in [5.41, 5.74) is 1.96. The van der Waals surface area contributed by atoms with Gasteiger partial charge in [0.15, 0.2) is 0 Å². The van der Waals surface area contributed by atoms with Crippen molar-refractivity contribution in [3.63, 3.8) is 0 Å². The number of rotatable bonds is 1. The minimum atomic E-state index is 0.691. The fourth-order valence-electron chi connectivity index (χ4n) is 1.30. The molecule has 60 valence electrons. The average Bonchev–Trinajstić information content (AvgIpc) is 2.17. The van der Waals surface area contributed by atoms with Gasteiger partial charge >= 0.3 is 0 Å². The zero-order valence-electron chi connectivity index (χ0n) is 6.60. The van der Waals surface area contributed by atoms with E-state index in [9.17, 15) is 4.79 Å². The van der Waals surface area contributed by atoms with E-state index in [0.717, 1.165) is 17.6 Å². The number of carbonyl (C=O) groups excluding carboxylic acids is 1. The number of hydrogen-bond donors (Lipinski definition) is 0. The zero-order valence-corrected chi connectivity index (χ0v) is 6.60. The Balaban J connectivity index is 2.31. The molecule has 0 unspecified atom stereocenters. The molecule has 0 fully saturated rings. The van der Waals surface area contributed by atoms with Crippen molar-refractivity contribution < 1.29 is 4.79 Å². The molecule has 0 radical (unpaired) electrons. The first kappa shape index (κ1) is 7.10. The second-order valence-electron chi connectivity index (χ2n) is 2.78. The first-order valence-corrected chi connectivity index (χ1v) is 3.88. The van der Waals surface area contributed by atoms with E-state index in [1.807, 2.05) is 41.5 Å². The number of nitrogens with zero attached hydrogens (tertiary/aromatic N) is 1. The number of carbonyl (C=O) groups is 1. The number of fused-ring (bicyclic) bond motifs is 1. The molecule has 0 atom stereocenters. The molecule has 0 aromatic rings. The summed E-state index contributed by atoms with van der Waals surface area (Å²) >= 11 is 0. The highest BCUT2D eigenvalue weighted by molar-refractivity contribution is 5.75. The van der Waals surface area contributed by atoms with E-state index in [-0.39, 0.29) is 0 Å². The second-order valence-corrected chi connectivity index (χ2v) is 2.78. The standard InChI is InChI=1S/C10H9NO/c12-8-9-4-5-10-3-1-2-6-11(10)7-9/h1-6,8H,7H2. The molecule has 0 bridgehead atoms. The Morgan fingerprint density at radius 2 is 2.25 bits per heavy atom. The van der Waals surface area contributed by atoms with Gasteiger partial charge in [0.1, 0.15) is 6.29 Å². The van der Waals surface area contributed by atoms with Crippen molar-refractivity contribution in [2.45, 2.75) is 0 Å². The topological polar surface area (TPSA) is 20.3 Å². The summed E-state index contributed by atoms with van der Waals surface area (Å²) in [4.78, 5) is 12.5. The third-order valence-corrected chi connectivity index (χ3v) is 1.95. The van der Waals surface area contributed by atoms with Gasteiger partial charge in [-0.3, -0.25) is 4.79 Å². The van der Waals surface area contributed by atoms with Crippen LogP contribution >= 0.6 is 0 Å². The minimum Gasteiger partial charge on any atom is -0.343 e. The molecular formula is C10H9NO. The highest BCUT2D eigenvalue weighted by Gasteiger charge is 2.11. The van der Waals surface area contributed by atoms with Crippen molar-refractivity contribution in [3.8, 4) is 0 Å². The zero-order chi connectivity index (χ0) is 8.39. The summed E-state index contributed by atoms with van der Waals surface area (Å²) in [6, 6.07) is 0. The molecule has 0 saturated carbocycles. The lowest BCUT2D eigenvalue weighted by Gasteiger charge is -2.25. The van der Waals surface area contributed by atoms with Gasteiger partial charge in [0.25, 0.3) is 0 Å². The Morgan fingerprint density at radius 1 is 1.33 bits per heavy atom. The molecule has 0 N–H and O–H groups in total. The Kier molecular flexibility index (Phi) is 1.67. The Labute approximate surface area is 71.2 Å². The summed E-state index contributed by atoms with van der Waals surface area (Å²) in [5.74, 6) is 0. The smallest absolute Gasteiger partial charge is 0.147 e. The van der Waals surface area contributed by atoms with Crippen LogP contribution in [0.25, 0.3) is 0 Å². The van der Waals surface area contributed by atoms with Gasteiger partial charge in [0, 0.05) is 17.5 Å². The summed E-state index contributed by atoms with van der Waals surface area (Å²) in [6.45, 7) is 0.691. The van der Waals surface area contributed by atoms with E-state index in [2.05, 4.69) is 0 Å². The number of aldehydes is 1. The summed E-state index contributed by atoms with van der Waals surface area (Å²) in [5, 5.41) is 0. The first-order chi connectivity index (χ1) is 5.90. The summed E-state index contributed by atoms with van der Waals surface area (Å²) in [6.07, 6.45) is 12.7. The fourth-order valence-corrected chi connectivity index (χ4v) is 1.30. The lowest BCUT2D eigenvalue weighted by molar-refractivity contribution is -0.105. The molecule has 2 rings (SSSR count). The maximum atomic E-state index is 10.5. The molecule has 0 aromatic carbocycles. The van der Waals surface area contributed by atoms with Gasteiger partial charge in [-0.1, -0.05) is 12.2 Å². The molecule has 0 aromatic heterocycles. The lowest BCUT2D eigenvalue weighted by atomic mass is 10.1. The lowest BCUT2D eigenvalue weighted by Crippen LogP contribution is -2.22. The van der Waals surface area contributed by atoms with Gasteiger partial charge in [-0.25, -0.2) is 0 Å². The van der Waals surface area contributed by atoms with E-state index >= 15 is 0 Å². The normalized spacial score (nSPS) is 19.8. The van der Waals surface area contributed by atoms with E-state index in [0.29, 0.717) is 6.54 Å². The number of allylic oxidation sites excluding steroid dienone is 5. The Bertz CT molecular complexity index is 321. The van der Waals surface area contributed by atoms with E-state index < -0.39 is 0 Å². The number of hydrogen-bond acceptors (Lipinski definition) is 2. The van der Waals surface area contributed by atoms with Crippen LogP contribution in [0.15, 0.2) is 47.9 Å². The van der Waals surface area contributed by atoms with E-state index in [1.165, 1.54) is 0 Å². The monoisotopic (exact) mass is 159 g/mol. The van der Waals surface area contributed by atoms with Crippen molar-refractivity contribution >= 4 is 6.29 Å². The third kappa shape index (κ3) is 1.11. The molecule has 0 saturated heterocycles. The second kappa shape index (κ2) is 2.81. The van der Waals surface area contributed by atoms with Crippen LogP contribution in [0.1, 0.15) is 0 Å². The average molecular weight is 159 g/mol. The molecule has 0 aliphatic carbocycles. The third-order valence-electron chi connectivity index (χ3n) is 1.95. The van der Waals surface area contributed by atoms with Crippen LogP contribution in [0.2, 0.25) is 0 Å². The SMILES string of the molecule is O=CC1=CC=C2C=CC=CN2C1. The largest absolute Gasteiger partial charge is 0.343 e. The highest BCUT2D eigenvalue weighted by Crippen LogP contribution is 2.17.